The molecule has 1 amide bonds. The summed E-state index contributed by atoms with van der Waals surface area (Å²) in [6.07, 6.45) is 3.80. The van der Waals surface area contributed by atoms with Gasteiger partial charge < -0.3 is 14.6 Å². The van der Waals surface area contributed by atoms with Gasteiger partial charge in [-0.2, -0.15) is 0 Å². The molecule has 0 radical (unpaired) electrons. The number of carbonyl (C=O) groups excluding carboxylic acids is 1. The van der Waals surface area contributed by atoms with Crippen LogP contribution in [0.15, 0.2) is 79.1 Å². The lowest BCUT2D eigenvalue weighted by atomic mass is 10.1. The SMILES string of the molecule is Cc1ccc(C)c(C(=O)Nc2ccc(Oc3ccc(-n4cccc4)nn3)cc2)c1. The number of aromatic nitrogens is 3. The van der Waals surface area contributed by atoms with Crippen LogP contribution in [-0.4, -0.2) is 20.7 Å². The average Bonchev–Trinajstić information content (AvgIpc) is 3.27. The van der Waals surface area contributed by atoms with Crippen LogP contribution in [0.1, 0.15) is 21.5 Å². The summed E-state index contributed by atoms with van der Waals surface area (Å²) < 4.78 is 7.60. The van der Waals surface area contributed by atoms with Gasteiger partial charge in [-0.3, -0.25) is 4.79 Å². The maximum absolute atomic E-state index is 12.5. The Morgan fingerprint density at radius 3 is 2.38 bits per heavy atom. The highest BCUT2D eigenvalue weighted by molar-refractivity contribution is 6.05. The monoisotopic (exact) mass is 384 g/mol. The Morgan fingerprint density at radius 1 is 0.931 bits per heavy atom. The van der Waals surface area contributed by atoms with Crippen molar-refractivity contribution in [3.05, 3.63) is 95.8 Å². The number of benzene rings is 2. The predicted molar refractivity (Wildman–Crippen MR) is 112 cm³/mol. The number of aryl methyl sites for hydroxylation is 2. The average molecular weight is 384 g/mol. The molecule has 0 spiro atoms. The van der Waals surface area contributed by atoms with Gasteiger partial charge in [-0.05, 0) is 67.9 Å². The number of rotatable bonds is 5. The summed E-state index contributed by atoms with van der Waals surface area (Å²) in [5.41, 5.74) is 3.35. The summed E-state index contributed by atoms with van der Waals surface area (Å²) in [4.78, 5) is 12.5. The minimum Gasteiger partial charge on any atom is -0.438 e. The van der Waals surface area contributed by atoms with Crippen molar-refractivity contribution in [2.45, 2.75) is 13.8 Å². The number of hydrogen-bond acceptors (Lipinski definition) is 4. The number of amides is 1. The Labute approximate surface area is 168 Å². The van der Waals surface area contributed by atoms with Crippen molar-refractivity contribution in [3.8, 4) is 17.4 Å². The van der Waals surface area contributed by atoms with Crippen molar-refractivity contribution >= 4 is 11.6 Å². The van der Waals surface area contributed by atoms with Crippen molar-refractivity contribution in [2.24, 2.45) is 0 Å². The minimum atomic E-state index is -0.133. The number of nitrogens with one attached hydrogen (secondary N) is 1. The maximum Gasteiger partial charge on any atom is 0.255 e. The molecular weight excluding hydrogens is 364 g/mol. The lowest BCUT2D eigenvalue weighted by Gasteiger charge is -2.10. The van der Waals surface area contributed by atoms with Gasteiger partial charge in [-0.1, -0.05) is 17.7 Å². The highest BCUT2D eigenvalue weighted by Crippen LogP contribution is 2.22. The van der Waals surface area contributed by atoms with Crippen LogP contribution in [0, 0.1) is 13.8 Å². The fourth-order valence-corrected chi connectivity index (χ4v) is 2.90. The Balaban J connectivity index is 1.41. The van der Waals surface area contributed by atoms with Gasteiger partial charge in [0.1, 0.15) is 5.75 Å². The number of hydrogen-bond donors (Lipinski definition) is 1. The van der Waals surface area contributed by atoms with Gasteiger partial charge in [-0.25, -0.2) is 0 Å². The van der Waals surface area contributed by atoms with Crippen LogP contribution in [0.5, 0.6) is 11.6 Å². The molecule has 4 rings (SSSR count). The van der Waals surface area contributed by atoms with Gasteiger partial charge in [0.05, 0.1) is 0 Å². The third-order valence-electron chi connectivity index (χ3n) is 4.47. The quantitative estimate of drug-likeness (QED) is 0.530. The third-order valence-corrected chi connectivity index (χ3v) is 4.47. The maximum atomic E-state index is 12.5. The lowest BCUT2D eigenvalue weighted by molar-refractivity contribution is 0.102. The highest BCUT2D eigenvalue weighted by Gasteiger charge is 2.10. The molecule has 0 saturated carbocycles. The van der Waals surface area contributed by atoms with Crippen LogP contribution in [-0.2, 0) is 0 Å². The van der Waals surface area contributed by atoms with E-state index in [2.05, 4.69) is 15.5 Å². The molecule has 2 aromatic carbocycles. The van der Waals surface area contributed by atoms with Crippen molar-refractivity contribution in [3.63, 3.8) is 0 Å². The molecule has 144 valence electrons. The van der Waals surface area contributed by atoms with Gasteiger partial charge in [0.15, 0.2) is 5.82 Å². The molecule has 4 aromatic rings. The first-order valence-corrected chi connectivity index (χ1v) is 9.22. The first-order chi connectivity index (χ1) is 14.1. The van der Waals surface area contributed by atoms with Crippen LogP contribution in [0.3, 0.4) is 0 Å². The molecule has 0 atom stereocenters. The molecule has 0 unspecified atom stereocenters. The molecule has 6 heteroatoms. The normalized spacial score (nSPS) is 10.6. The molecule has 0 aliphatic heterocycles. The standard InChI is InChI=1S/C23H20N4O2/c1-16-5-6-17(2)20(15-16)23(28)24-18-7-9-19(10-8-18)29-22-12-11-21(25-26-22)27-13-3-4-14-27/h3-15H,1-2H3,(H,24,28). The first-order valence-electron chi connectivity index (χ1n) is 9.22. The second-order valence-corrected chi connectivity index (χ2v) is 6.72. The fraction of sp³-hybridized carbons (Fsp3) is 0.0870. The Kier molecular flexibility index (Phi) is 5.07. The molecule has 0 aliphatic rings. The van der Waals surface area contributed by atoms with Gasteiger partial charge in [0.2, 0.25) is 5.88 Å². The molecule has 29 heavy (non-hydrogen) atoms. The molecule has 0 saturated heterocycles. The summed E-state index contributed by atoms with van der Waals surface area (Å²) >= 11 is 0. The Bertz CT molecular complexity index is 1120. The lowest BCUT2D eigenvalue weighted by Crippen LogP contribution is -2.13. The molecule has 6 nitrogen and oxygen atoms in total. The van der Waals surface area contributed by atoms with Gasteiger partial charge >= 0.3 is 0 Å². The van der Waals surface area contributed by atoms with E-state index in [0.29, 0.717) is 28.7 Å². The summed E-state index contributed by atoms with van der Waals surface area (Å²) in [6, 6.07) is 20.4. The van der Waals surface area contributed by atoms with Crippen LogP contribution >= 0.6 is 0 Å². The molecule has 0 bridgehead atoms. The van der Waals surface area contributed by atoms with Crippen molar-refractivity contribution in [1.82, 2.24) is 14.8 Å². The van der Waals surface area contributed by atoms with Gasteiger partial charge in [-0.15, -0.1) is 10.2 Å². The fourth-order valence-electron chi connectivity index (χ4n) is 2.90. The molecular formula is C23H20N4O2. The number of anilines is 1. The van der Waals surface area contributed by atoms with Crippen LogP contribution < -0.4 is 10.1 Å². The number of nitrogens with zero attached hydrogens (tertiary/aromatic N) is 3. The highest BCUT2D eigenvalue weighted by atomic mass is 16.5. The molecule has 2 aromatic heterocycles. The van der Waals surface area contributed by atoms with E-state index in [1.54, 1.807) is 30.3 Å². The van der Waals surface area contributed by atoms with Gasteiger partial charge in [0, 0.05) is 29.7 Å². The predicted octanol–water partition coefficient (Wildman–Crippen LogP) is 4.93. The third kappa shape index (κ3) is 4.32. The smallest absolute Gasteiger partial charge is 0.255 e. The second-order valence-electron chi connectivity index (χ2n) is 6.72. The number of carbonyl (C=O) groups is 1. The topological polar surface area (TPSA) is 69.0 Å². The second kappa shape index (κ2) is 7.98. The van der Waals surface area contributed by atoms with Gasteiger partial charge in [0.25, 0.3) is 5.91 Å². The zero-order chi connectivity index (χ0) is 20.2. The van der Waals surface area contributed by atoms with Crippen LogP contribution in [0.4, 0.5) is 5.69 Å². The summed E-state index contributed by atoms with van der Waals surface area (Å²) in [5.74, 6) is 1.59. The zero-order valence-electron chi connectivity index (χ0n) is 16.2. The van der Waals surface area contributed by atoms with E-state index in [9.17, 15) is 4.79 Å². The minimum absolute atomic E-state index is 0.133. The Morgan fingerprint density at radius 2 is 1.69 bits per heavy atom. The molecule has 0 aliphatic carbocycles. The van der Waals surface area contributed by atoms with Crippen molar-refractivity contribution < 1.29 is 9.53 Å². The van der Waals surface area contributed by atoms with Crippen LogP contribution in [0.25, 0.3) is 5.82 Å². The summed E-state index contributed by atoms with van der Waals surface area (Å²) in [7, 11) is 0. The van der Waals surface area contributed by atoms with E-state index >= 15 is 0 Å². The largest absolute Gasteiger partial charge is 0.438 e. The van der Waals surface area contributed by atoms with E-state index in [0.717, 1.165) is 11.1 Å². The van der Waals surface area contributed by atoms with E-state index in [4.69, 9.17) is 4.74 Å². The van der Waals surface area contributed by atoms with E-state index in [-0.39, 0.29) is 5.91 Å². The molecule has 1 N–H and O–H groups in total. The molecule has 0 fully saturated rings. The summed E-state index contributed by atoms with van der Waals surface area (Å²) in [5, 5.41) is 11.2. The summed E-state index contributed by atoms with van der Waals surface area (Å²) in [6.45, 7) is 3.89. The van der Waals surface area contributed by atoms with Crippen molar-refractivity contribution in [2.75, 3.05) is 5.32 Å². The van der Waals surface area contributed by atoms with E-state index in [1.807, 2.05) is 67.2 Å². The number of ether oxygens (including phenoxy) is 1. The van der Waals surface area contributed by atoms with E-state index in [1.165, 1.54) is 0 Å². The van der Waals surface area contributed by atoms with Crippen molar-refractivity contribution in [1.29, 1.82) is 0 Å². The Hall–Kier alpha value is -3.93. The molecule has 2 heterocycles. The zero-order valence-corrected chi connectivity index (χ0v) is 16.2. The first kappa shape index (κ1) is 18.4. The van der Waals surface area contributed by atoms with Crippen LogP contribution in [0.2, 0.25) is 0 Å². The van der Waals surface area contributed by atoms with E-state index < -0.39 is 0 Å².